The largest absolute Gasteiger partial charge is 0.261 e. The van der Waals surface area contributed by atoms with Gasteiger partial charge in [0, 0.05) is 30.5 Å². The summed E-state index contributed by atoms with van der Waals surface area (Å²) < 4.78 is 0. The Bertz CT molecular complexity index is 208. The molecule has 0 amide bonds. The lowest BCUT2D eigenvalue weighted by molar-refractivity contribution is 1.06. The van der Waals surface area contributed by atoms with Crippen molar-refractivity contribution in [1.82, 2.24) is 9.97 Å². The zero-order valence-electron chi connectivity index (χ0n) is 5.37. The first-order valence-electron chi connectivity index (χ1n) is 2.93. The molecular weight excluding hydrogens is 148 g/mol. The molecule has 0 atom stereocenters. The maximum absolute atomic E-state index is 5.32. The molecule has 0 spiro atoms. The van der Waals surface area contributed by atoms with Gasteiger partial charge in [-0.1, -0.05) is 17.7 Å². The van der Waals surface area contributed by atoms with Crippen LogP contribution in [0.25, 0.3) is 0 Å². The third kappa shape index (κ3) is 2.15. The van der Waals surface area contributed by atoms with Crippen molar-refractivity contribution < 1.29 is 0 Å². The van der Waals surface area contributed by atoms with E-state index >= 15 is 0 Å². The highest BCUT2D eigenvalue weighted by molar-refractivity contribution is 6.25. The summed E-state index contributed by atoms with van der Waals surface area (Å²) in [5.41, 5.74) is 2.41. The van der Waals surface area contributed by atoms with E-state index in [0.29, 0.717) is 0 Å². The van der Waals surface area contributed by atoms with Crippen LogP contribution in [0, 0.1) is 0 Å². The Morgan fingerprint density at radius 3 is 3.00 bits per heavy atom. The average Bonchev–Trinajstić information content (AvgIpc) is 2.03. The van der Waals surface area contributed by atoms with Crippen LogP contribution in [0.2, 0.25) is 0 Å². The fourth-order valence-corrected chi connectivity index (χ4v) is 0.690. The number of aromatic nitrogens is 2. The monoisotopic (exact) mass is 154 g/mol. The van der Waals surface area contributed by atoms with Gasteiger partial charge in [-0.2, -0.15) is 0 Å². The number of allylic oxidation sites excluding steroid dienone is 1. The van der Waals surface area contributed by atoms with Crippen LogP contribution in [0.15, 0.2) is 30.2 Å². The maximum atomic E-state index is 5.32. The average molecular weight is 155 g/mol. The molecule has 0 N–H and O–H groups in total. The van der Waals surface area contributed by atoms with Gasteiger partial charge in [-0.15, -0.1) is 0 Å². The summed E-state index contributed by atoms with van der Waals surface area (Å²) in [6, 6.07) is 0. The van der Waals surface area contributed by atoms with Crippen LogP contribution in [0.1, 0.15) is 5.69 Å². The summed E-state index contributed by atoms with van der Waals surface area (Å²) >= 11 is 5.32. The SMILES string of the molecule is ClC=CCc1cnccn1. The highest BCUT2D eigenvalue weighted by atomic mass is 35.5. The smallest absolute Gasteiger partial charge is 0.0624 e. The normalized spacial score (nSPS) is 10.5. The Kier molecular flexibility index (Phi) is 2.90. The van der Waals surface area contributed by atoms with Crippen LogP contribution in [0.3, 0.4) is 0 Å². The molecule has 0 bridgehead atoms. The molecule has 0 aromatic carbocycles. The lowest BCUT2D eigenvalue weighted by Gasteiger charge is -1.89. The summed E-state index contributed by atoms with van der Waals surface area (Å²) in [4.78, 5) is 7.94. The maximum Gasteiger partial charge on any atom is 0.0624 e. The molecule has 0 saturated carbocycles. The van der Waals surface area contributed by atoms with Gasteiger partial charge >= 0.3 is 0 Å². The zero-order valence-corrected chi connectivity index (χ0v) is 6.12. The van der Waals surface area contributed by atoms with Crippen molar-refractivity contribution >= 4 is 11.6 Å². The van der Waals surface area contributed by atoms with Gasteiger partial charge in [-0.05, 0) is 0 Å². The summed E-state index contributed by atoms with van der Waals surface area (Å²) in [5.74, 6) is 0. The van der Waals surface area contributed by atoms with E-state index in [-0.39, 0.29) is 0 Å². The predicted octanol–water partition coefficient (Wildman–Crippen LogP) is 1.77. The second-order valence-corrected chi connectivity index (χ2v) is 2.01. The van der Waals surface area contributed by atoms with E-state index in [1.807, 2.05) is 6.08 Å². The molecule has 0 fully saturated rings. The number of hydrogen-bond acceptors (Lipinski definition) is 2. The standard InChI is InChI=1S/C7H7ClN2/c8-3-1-2-7-6-9-4-5-10-7/h1,3-6H,2H2. The van der Waals surface area contributed by atoms with Crippen molar-refractivity contribution in [2.75, 3.05) is 0 Å². The van der Waals surface area contributed by atoms with Crippen LogP contribution >= 0.6 is 11.6 Å². The van der Waals surface area contributed by atoms with Gasteiger partial charge in [0.05, 0.1) is 5.69 Å². The van der Waals surface area contributed by atoms with Gasteiger partial charge in [0.1, 0.15) is 0 Å². The van der Waals surface area contributed by atoms with Crippen molar-refractivity contribution in [3.05, 3.63) is 35.9 Å². The number of halogens is 1. The van der Waals surface area contributed by atoms with Crippen LogP contribution in [0.4, 0.5) is 0 Å². The lowest BCUT2D eigenvalue weighted by atomic mass is 10.3. The van der Waals surface area contributed by atoms with Crippen molar-refractivity contribution in [3.8, 4) is 0 Å². The molecule has 2 nitrogen and oxygen atoms in total. The molecule has 0 aliphatic carbocycles. The fraction of sp³-hybridized carbons (Fsp3) is 0.143. The molecule has 1 aromatic rings. The van der Waals surface area contributed by atoms with Crippen molar-refractivity contribution in [2.24, 2.45) is 0 Å². The van der Waals surface area contributed by atoms with Gasteiger partial charge in [-0.3, -0.25) is 9.97 Å². The highest BCUT2D eigenvalue weighted by Crippen LogP contribution is 1.93. The molecule has 1 aromatic heterocycles. The van der Waals surface area contributed by atoms with Crippen molar-refractivity contribution in [3.63, 3.8) is 0 Å². The molecular formula is C7H7ClN2. The molecule has 10 heavy (non-hydrogen) atoms. The molecule has 0 aliphatic rings. The highest BCUT2D eigenvalue weighted by Gasteiger charge is 1.86. The van der Waals surface area contributed by atoms with E-state index in [1.165, 1.54) is 5.54 Å². The van der Waals surface area contributed by atoms with Gasteiger partial charge in [0.25, 0.3) is 0 Å². The number of hydrogen-bond donors (Lipinski definition) is 0. The first kappa shape index (κ1) is 7.22. The van der Waals surface area contributed by atoms with E-state index < -0.39 is 0 Å². The number of nitrogens with zero attached hydrogens (tertiary/aromatic N) is 2. The zero-order chi connectivity index (χ0) is 7.23. The second-order valence-electron chi connectivity index (χ2n) is 1.76. The van der Waals surface area contributed by atoms with Gasteiger partial charge < -0.3 is 0 Å². The van der Waals surface area contributed by atoms with Gasteiger partial charge in [-0.25, -0.2) is 0 Å². The fourth-order valence-electron chi connectivity index (χ4n) is 0.601. The Morgan fingerprint density at radius 1 is 1.50 bits per heavy atom. The van der Waals surface area contributed by atoms with E-state index in [0.717, 1.165) is 12.1 Å². The lowest BCUT2D eigenvalue weighted by Crippen LogP contribution is -1.86. The Balaban J connectivity index is 2.59. The summed E-state index contributed by atoms with van der Waals surface area (Å²) in [7, 11) is 0. The Hall–Kier alpha value is -0.890. The van der Waals surface area contributed by atoms with E-state index in [4.69, 9.17) is 11.6 Å². The first-order chi connectivity index (χ1) is 4.93. The molecule has 52 valence electrons. The molecule has 0 radical (unpaired) electrons. The molecule has 0 saturated heterocycles. The van der Waals surface area contributed by atoms with Crippen LogP contribution < -0.4 is 0 Å². The van der Waals surface area contributed by atoms with Crippen LogP contribution in [-0.2, 0) is 6.42 Å². The third-order valence-corrected chi connectivity index (χ3v) is 1.21. The van der Waals surface area contributed by atoms with Crippen LogP contribution in [0.5, 0.6) is 0 Å². The molecule has 3 heteroatoms. The topological polar surface area (TPSA) is 25.8 Å². The minimum absolute atomic E-state index is 0.747. The minimum Gasteiger partial charge on any atom is -0.261 e. The molecule has 0 unspecified atom stereocenters. The first-order valence-corrected chi connectivity index (χ1v) is 3.37. The van der Waals surface area contributed by atoms with E-state index in [9.17, 15) is 0 Å². The number of rotatable bonds is 2. The summed E-state index contributed by atoms with van der Waals surface area (Å²) in [5, 5.41) is 0. The van der Waals surface area contributed by atoms with Gasteiger partial charge in [0.15, 0.2) is 0 Å². The van der Waals surface area contributed by atoms with Crippen LogP contribution in [-0.4, -0.2) is 9.97 Å². The van der Waals surface area contributed by atoms with Crippen molar-refractivity contribution in [1.29, 1.82) is 0 Å². The summed E-state index contributed by atoms with van der Waals surface area (Å²) in [6.07, 6.45) is 7.60. The van der Waals surface area contributed by atoms with Gasteiger partial charge in [0.2, 0.25) is 0 Å². The van der Waals surface area contributed by atoms with Crippen molar-refractivity contribution in [2.45, 2.75) is 6.42 Å². The second kappa shape index (κ2) is 4.01. The minimum atomic E-state index is 0.747. The molecule has 1 heterocycles. The van der Waals surface area contributed by atoms with E-state index in [1.54, 1.807) is 18.6 Å². The Morgan fingerprint density at radius 2 is 2.40 bits per heavy atom. The molecule has 0 aliphatic heterocycles. The quantitative estimate of drug-likeness (QED) is 0.649. The third-order valence-electron chi connectivity index (χ3n) is 1.03. The molecule has 1 rings (SSSR count). The van der Waals surface area contributed by atoms with E-state index in [2.05, 4.69) is 9.97 Å². The Labute approximate surface area is 64.6 Å². The summed E-state index contributed by atoms with van der Waals surface area (Å²) in [6.45, 7) is 0. The predicted molar refractivity (Wildman–Crippen MR) is 40.7 cm³/mol.